The highest BCUT2D eigenvalue weighted by atomic mass is 35.5. The predicted octanol–water partition coefficient (Wildman–Crippen LogP) is 4.22. The van der Waals surface area contributed by atoms with Gasteiger partial charge in [0.2, 0.25) is 0 Å². The zero-order valence-electron chi connectivity index (χ0n) is 16.3. The first-order valence-electron chi connectivity index (χ1n) is 10.2. The Morgan fingerprint density at radius 1 is 1.14 bits per heavy atom. The van der Waals surface area contributed by atoms with Crippen LogP contribution in [0.25, 0.3) is 0 Å². The van der Waals surface area contributed by atoms with E-state index in [2.05, 4.69) is 4.90 Å². The molecule has 0 bridgehead atoms. The van der Waals surface area contributed by atoms with Crippen molar-refractivity contribution < 1.29 is 14.3 Å². The average Bonchev–Trinajstić information content (AvgIpc) is 3.34. The number of nitrogens with zero attached hydrogens (tertiary/aromatic N) is 2. The molecule has 7 heteroatoms. The minimum atomic E-state index is -0.550. The number of amides is 1. The molecule has 1 aliphatic carbocycles. The van der Waals surface area contributed by atoms with E-state index in [1.807, 2.05) is 11.9 Å². The van der Waals surface area contributed by atoms with Crippen molar-refractivity contribution in [2.75, 3.05) is 33.4 Å². The normalized spacial score (nSPS) is 27.8. The molecular formula is C21H28Cl2N2O3. The number of rotatable bonds is 3. The average molecular weight is 427 g/mol. The topological polar surface area (TPSA) is 42.0 Å². The zero-order valence-corrected chi connectivity index (χ0v) is 17.8. The van der Waals surface area contributed by atoms with Gasteiger partial charge in [0.15, 0.2) is 5.79 Å². The molecule has 28 heavy (non-hydrogen) atoms. The lowest BCUT2D eigenvalue weighted by atomic mass is 9.97. The maximum Gasteiger partial charge on any atom is 0.253 e. The number of likely N-dealkylation sites (tertiary alicyclic amines) is 1. The first-order valence-corrected chi connectivity index (χ1v) is 11.0. The van der Waals surface area contributed by atoms with Gasteiger partial charge in [-0.25, -0.2) is 0 Å². The van der Waals surface area contributed by atoms with Crippen LogP contribution >= 0.6 is 23.2 Å². The summed E-state index contributed by atoms with van der Waals surface area (Å²) in [6.07, 6.45) is 6.16. The van der Waals surface area contributed by atoms with Gasteiger partial charge in [-0.1, -0.05) is 23.2 Å². The first-order chi connectivity index (χ1) is 13.5. The Morgan fingerprint density at radius 3 is 2.54 bits per heavy atom. The van der Waals surface area contributed by atoms with Crippen molar-refractivity contribution in [3.8, 4) is 0 Å². The van der Waals surface area contributed by atoms with Crippen molar-refractivity contribution >= 4 is 29.1 Å². The molecule has 2 aliphatic heterocycles. The number of benzene rings is 1. The fourth-order valence-electron chi connectivity index (χ4n) is 4.97. The van der Waals surface area contributed by atoms with Crippen LogP contribution in [0, 0.1) is 0 Å². The van der Waals surface area contributed by atoms with Crippen LogP contribution in [0.3, 0.4) is 0 Å². The summed E-state index contributed by atoms with van der Waals surface area (Å²) in [6, 6.07) is 5.43. The Morgan fingerprint density at radius 2 is 1.86 bits per heavy atom. The van der Waals surface area contributed by atoms with Crippen LogP contribution in [0.5, 0.6) is 0 Å². The van der Waals surface area contributed by atoms with Crippen LogP contribution in [0.15, 0.2) is 18.2 Å². The monoisotopic (exact) mass is 426 g/mol. The third kappa shape index (κ3) is 4.05. The lowest BCUT2D eigenvalue weighted by Crippen LogP contribution is -2.53. The van der Waals surface area contributed by atoms with Crippen molar-refractivity contribution in [2.45, 2.75) is 56.4 Å². The van der Waals surface area contributed by atoms with Crippen LogP contribution in [0.1, 0.15) is 48.9 Å². The molecule has 1 spiro atoms. The van der Waals surface area contributed by atoms with Gasteiger partial charge in [0.25, 0.3) is 5.91 Å². The molecule has 0 N–H and O–H groups in total. The van der Waals surface area contributed by atoms with Gasteiger partial charge in [-0.15, -0.1) is 0 Å². The number of carbonyl (C=O) groups excluding carboxylic acids is 1. The Bertz CT molecular complexity index is 718. The largest absolute Gasteiger partial charge is 0.347 e. The quantitative estimate of drug-likeness (QED) is 0.725. The van der Waals surface area contributed by atoms with Crippen molar-refractivity contribution in [3.63, 3.8) is 0 Å². The summed E-state index contributed by atoms with van der Waals surface area (Å²) in [4.78, 5) is 17.7. The molecule has 3 aliphatic rings. The van der Waals surface area contributed by atoms with E-state index in [0.717, 1.165) is 32.4 Å². The first kappa shape index (κ1) is 20.4. The van der Waals surface area contributed by atoms with Gasteiger partial charge >= 0.3 is 0 Å². The van der Waals surface area contributed by atoms with E-state index in [0.29, 0.717) is 41.3 Å². The second-order valence-corrected chi connectivity index (χ2v) is 8.94. The molecule has 2 saturated heterocycles. The molecule has 1 aromatic carbocycles. The number of ether oxygens (including phenoxy) is 2. The number of likely N-dealkylation sites (N-methyl/N-ethyl adjacent to an activating group) is 1. The molecule has 2 unspecified atom stereocenters. The molecule has 4 rings (SSSR count). The Hall–Kier alpha value is -0.850. The molecular weight excluding hydrogens is 399 g/mol. The minimum absolute atomic E-state index is 0.0284. The molecule has 1 saturated carbocycles. The Kier molecular flexibility index (Phi) is 6.19. The second kappa shape index (κ2) is 8.49. The zero-order chi connectivity index (χ0) is 19.7. The van der Waals surface area contributed by atoms with Crippen LogP contribution in [-0.2, 0) is 9.47 Å². The summed E-state index contributed by atoms with van der Waals surface area (Å²) in [6.45, 7) is 3.46. The minimum Gasteiger partial charge on any atom is -0.347 e. The van der Waals surface area contributed by atoms with Gasteiger partial charge in [-0.2, -0.15) is 0 Å². The van der Waals surface area contributed by atoms with E-state index >= 15 is 0 Å². The van der Waals surface area contributed by atoms with Gasteiger partial charge in [0, 0.05) is 31.5 Å². The van der Waals surface area contributed by atoms with Gasteiger partial charge in [0.1, 0.15) is 0 Å². The summed E-state index contributed by atoms with van der Waals surface area (Å²) >= 11 is 12.2. The van der Waals surface area contributed by atoms with E-state index in [9.17, 15) is 4.79 Å². The smallest absolute Gasteiger partial charge is 0.253 e. The number of halogens is 2. The molecule has 2 heterocycles. The number of hydrogen-bond donors (Lipinski definition) is 0. The number of carbonyl (C=O) groups is 1. The summed E-state index contributed by atoms with van der Waals surface area (Å²) < 4.78 is 12.1. The van der Waals surface area contributed by atoms with Crippen molar-refractivity contribution in [2.24, 2.45) is 0 Å². The second-order valence-electron chi connectivity index (χ2n) is 8.13. The van der Waals surface area contributed by atoms with Crippen molar-refractivity contribution in [1.82, 2.24) is 9.80 Å². The molecule has 154 valence electrons. The van der Waals surface area contributed by atoms with E-state index in [1.165, 1.54) is 12.8 Å². The predicted molar refractivity (Wildman–Crippen MR) is 110 cm³/mol. The highest BCUT2D eigenvalue weighted by Crippen LogP contribution is 2.39. The molecule has 5 nitrogen and oxygen atoms in total. The van der Waals surface area contributed by atoms with Gasteiger partial charge in [-0.05, 0) is 57.0 Å². The van der Waals surface area contributed by atoms with E-state index < -0.39 is 5.79 Å². The van der Waals surface area contributed by atoms with E-state index in [4.69, 9.17) is 32.7 Å². The number of hydrogen-bond acceptors (Lipinski definition) is 4. The van der Waals surface area contributed by atoms with Gasteiger partial charge in [-0.3, -0.25) is 9.69 Å². The maximum absolute atomic E-state index is 13.3. The molecule has 1 aromatic rings. The molecule has 2 atom stereocenters. The SMILES string of the molecule is CN(C(=O)c1ccc(Cl)c(Cl)c1)C1CC2(CCCC1N1CCCC1)OCCO2. The molecule has 0 radical (unpaired) electrons. The van der Waals surface area contributed by atoms with Crippen LogP contribution in [0.2, 0.25) is 10.0 Å². The summed E-state index contributed by atoms with van der Waals surface area (Å²) in [7, 11) is 1.90. The fraction of sp³-hybridized carbons (Fsp3) is 0.667. The van der Waals surface area contributed by atoms with Crippen molar-refractivity contribution in [1.29, 1.82) is 0 Å². The molecule has 1 amide bonds. The molecule has 0 aromatic heterocycles. The van der Waals surface area contributed by atoms with E-state index in [1.54, 1.807) is 18.2 Å². The van der Waals surface area contributed by atoms with Crippen LogP contribution in [-0.4, -0.2) is 66.9 Å². The van der Waals surface area contributed by atoms with Crippen LogP contribution < -0.4 is 0 Å². The third-order valence-electron chi connectivity index (χ3n) is 6.43. The lowest BCUT2D eigenvalue weighted by Gasteiger charge is -2.40. The Labute approximate surface area is 176 Å². The highest BCUT2D eigenvalue weighted by Gasteiger charge is 2.46. The van der Waals surface area contributed by atoms with E-state index in [-0.39, 0.29) is 11.9 Å². The standard InChI is InChI=1S/C21H28Cl2N2O3/c1-24(20(26)15-6-7-16(22)17(23)13-15)19-14-21(27-11-12-28-21)8-4-5-18(19)25-9-2-3-10-25/h6-7,13,18-19H,2-5,8-12,14H2,1H3. The third-order valence-corrected chi connectivity index (χ3v) is 7.17. The Balaban J connectivity index is 1.61. The summed E-state index contributed by atoms with van der Waals surface area (Å²) in [5.74, 6) is -0.589. The van der Waals surface area contributed by atoms with Crippen molar-refractivity contribution in [3.05, 3.63) is 33.8 Å². The summed E-state index contributed by atoms with van der Waals surface area (Å²) in [5.41, 5.74) is 0.559. The van der Waals surface area contributed by atoms with Crippen LogP contribution in [0.4, 0.5) is 0 Å². The lowest BCUT2D eigenvalue weighted by molar-refractivity contribution is -0.172. The summed E-state index contributed by atoms with van der Waals surface area (Å²) in [5, 5.41) is 0.855. The van der Waals surface area contributed by atoms with Gasteiger partial charge in [0.05, 0.1) is 29.3 Å². The maximum atomic E-state index is 13.3. The molecule has 3 fully saturated rings. The highest BCUT2D eigenvalue weighted by molar-refractivity contribution is 6.42. The van der Waals surface area contributed by atoms with Gasteiger partial charge < -0.3 is 14.4 Å². The fourth-order valence-corrected chi connectivity index (χ4v) is 5.26.